The van der Waals surface area contributed by atoms with E-state index in [2.05, 4.69) is 16.8 Å². The number of piperidine rings is 1. The third-order valence-electron chi connectivity index (χ3n) is 6.81. The van der Waals surface area contributed by atoms with Gasteiger partial charge in [-0.15, -0.1) is 0 Å². The van der Waals surface area contributed by atoms with Crippen molar-refractivity contribution < 1.29 is 13.2 Å². The molecule has 1 atom stereocenters. The minimum atomic E-state index is -3.51. The van der Waals surface area contributed by atoms with Crippen molar-refractivity contribution in [3.05, 3.63) is 28.8 Å². The molecule has 0 aromatic heterocycles. The molecule has 29 heavy (non-hydrogen) atoms. The number of nitrogens with zero attached hydrogens (tertiary/aromatic N) is 3. The SMILES string of the molecule is Cc1ccc(S(=O)(=O)N2CCC3(CCC(CN4CCN(C)CC4)O3)CC2)cc1Cl. The van der Waals surface area contributed by atoms with Crippen molar-refractivity contribution >= 4 is 21.6 Å². The first kappa shape index (κ1) is 21.5. The van der Waals surface area contributed by atoms with E-state index in [1.165, 1.54) is 0 Å². The number of halogens is 1. The first-order valence-electron chi connectivity index (χ1n) is 10.6. The van der Waals surface area contributed by atoms with Crippen LogP contribution in [0.5, 0.6) is 0 Å². The zero-order chi connectivity index (χ0) is 20.6. The lowest BCUT2D eigenvalue weighted by Gasteiger charge is -2.39. The Bertz CT molecular complexity index is 832. The van der Waals surface area contributed by atoms with E-state index in [0.717, 1.165) is 64.0 Å². The van der Waals surface area contributed by atoms with E-state index in [9.17, 15) is 8.42 Å². The fourth-order valence-corrected chi connectivity index (χ4v) is 6.44. The molecule has 3 fully saturated rings. The van der Waals surface area contributed by atoms with E-state index in [-0.39, 0.29) is 16.6 Å². The van der Waals surface area contributed by atoms with Gasteiger partial charge < -0.3 is 9.64 Å². The highest BCUT2D eigenvalue weighted by molar-refractivity contribution is 7.89. The van der Waals surface area contributed by atoms with E-state index in [1.807, 2.05) is 6.92 Å². The van der Waals surface area contributed by atoms with Crippen LogP contribution in [0, 0.1) is 6.92 Å². The van der Waals surface area contributed by atoms with Gasteiger partial charge in [-0.05, 0) is 57.4 Å². The number of sulfonamides is 1. The van der Waals surface area contributed by atoms with Crippen LogP contribution in [-0.4, -0.2) is 87.1 Å². The number of hydrogen-bond donors (Lipinski definition) is 0. The summed E-state index contributed by atoms with van der Waals surface area (Å²) in [5.74, 6) is 0. The fourth-order valence-electron chi connectivity index (χ4n) is 4.73. The summed E-state index contributed by atoms with van der Waals surface area (Å²) in [6, 6.07) is 4.98. The van der Waals surface area contributed by atoms with Gasteiger partial charge in [0.15, 0.2) is 0 Å². The molecule has 0 saturated carbocycles. The molecule has 1 spiro atoms. The molecule has 3 aliphatic heterocycles. The molecule has 0 radical (unpaired) electrons. The number of rotatable bonds is 4. The lowest BCUT2D eigenvalue weighted by atomic mass is 9.89. The van der Waals surface area contributed by atoms with Gasteiger partial charge in [0, 0.05) is 50.8 Å². The van der Waals surface area contributed by atoms with Crippen LogP contribution in [0.3, 0.4) is 0 Å². The van der Waals surface area contributed by atoms with Gasteiger partial charge >= 0.3 is 0 Å². The molecule has 1 aromatic carbocycles. The normalized spacial score (nSPS) is 26.9. The summed E-state index contributed by atoms with van der Waals surface area (Å²) in [5, 5.41) is 0.491. The zero-order valence-electron chi connectivity index (χ0n) is 17.4. The van der Waals surface area contributed by atoms with Crippen LogP contribution in [0.4, 0.5) is 0 Å². The highest BCUT2D eigenvalue weighted by Gasteiger charge is 2.44. The third kappa shape index (κ3) is 4.65. The maximum atomic E-state index is 13.0. The molecule has 8 heteroatoms. The van der Waals surface area contributed by atoms with E-state index >= 15 is 0 Å². The van der Waals surface area contributed by atoms with Crippen LogP contribution in [0.15, 0.2) is 23.1 Å². The van der Waals surface area contributed by atoms with Gasteiger partial charge in [0.25, 0.3) is 0 Å². The Morgan fingerprint density at radius 1 is 1.10 bits per heavy atom. The second kappa shape index (κ2) is 8.44. The lowest BCUT2D eigenvalue weighted by molar-refractivity contribution is -0.0777. The molecular weight excluding hydrogens is 410 g/mol. The Balaban J connectivity index is 1.33. The van der Waals surface area contributed by atoms with Gasteiger partial charge in [0.1, 0.15) is 0 Å². The Hall–Kier alpha value is -0.700. The predicted molar refractivity (Wildman–Crippen MR) is 115 cm³/mol. The van der Waals surface area contributed by atoms with Crippen LogP contribution in [0.25, 0.3) is 0 Å². The minimum absolute atomic E-state index is 0.145. The number of piperazine rings is 1. The molecular formula is C21H32ClN3O3S. The van der Waals surface area contributed by atoms with E-state index in [4.69, 9.17) is 16.3 Å². The summed E-state index contributed by atoms with van der Waals surface area (Å²) >= 11 is 6.15. The molecule has 0 N–H and O–H groups in total. The van der Waals surface area contributed by atoms with Crippen LogP contribution in [-0.2, 0) is 14.8 Å². The maximum absolute atomic E-state index is 13.0. The standard InChI is InChI=1S/C21H32ClN3O3S/c1-17-3-4-19(15-20(17)22)29(26,27)25-9-7-21(8-10-25)6-5-18(28-21)16-24-13-11-23(2)12-14-24/h3-4,15,18H,5-14,16H2,1-2H3. The molecule has 4 rings (SSSR count). The summed E-state index contributed by atoms with van der Waals surface area (Å²) in [7, 11) is -1.34. The molecule has 6 nitrogen and oxygen atoms in total. The van der Waals surface area contributed by atoms with Gasteiger partial charge in [-0.2, -0.15) is 4.31 Å². The van der Waals surface area contributed by atoms with Gasteiger partial charge in [-0.3, -0.25) is 4.90 Å². The van der Waals surface area contributed by atoms with Crippen LogP contribution >= 0.6 is 11.6 Å². The van der Waals surface area contributed by atoms with Crippen molar-refractivity contribution in [2.24, 2.45) is 0 Å². The number of likely N-dealkylation sites (N-methyl/N-ethyl adjacent to an activating group) is 1. The highest BCUT2D eigenvalue weighted by atomic mass is 35.5. The van der Waals surface area contributed by atoms with Crippen molar-refractivity contribution in [3.63, 3.8) is 0 Å². The number of benzene rings is 1. The molecule has 162 valence electrons. The van der Waals surface area contributed by atoms with Gasteiger partial charge in [0.05, 0.1) is 16.6 Å². The summed E-state index contributed by atoms with van der Waals surface area (Å²) in [6.45, 7) is 8.34. The molecule has 0 aliphatic carbocycles. The minimum Gasteiger partial charge on any atom is -0.370 e. The monoisotopic (exact) mass is 441 g/mol. The number of ether oxygens (including phenoxy) is 1. The average Bonchev–Trinajstić information content (AvgIpc) is 3.08. The summed E-state index contributed by atoms with van der Waals surface area (Å²) in [5.41, 5.74) is 0.739. The van der Waals surface area contributed by atoms with E-state index in [0.29, 0.717) is 18.1 Å². The van der Waals surface area contributed by atoms with Crippen molar-refractivity contribution in [3.8, 4) is 0 Å². The molecule has 0 amide bonds. The predicted octanol–water partition coefficient (Wildman–Crippen LogP) is 2.60. The molecule has 1 unspecified atom stereocenters. The first-order valence-corrected chi connectivity index (χ1v) is 12.4. The second-order valence-corrected chi connectivity index (χ2v) is 11.2. The van der Waals surface area contributed by atoms with Crippen LogP contribution < -0.4 is 0 Å². The molecule has 3 aliphatic rings. The average molecular weight is 442 g/mol. The molecule has 0 bridgehead atoms. The summed E-state index contributed by atoms with van der Waals surface area (Å²) < 4.78 is 34.2. The topological polar surface area (TPSA) is 53.1 Å². The van der Waals surface area contributed by atoms with E-state index in [1.54, 1.807) is 22.5 Å². The second-order valence-electron chi connectivity index (χ2n) is 8.88. The van der Waals surface area contributed by atoms with E-state index < -0.39 is 10.0 Å². The molecule has 1 aromatic rings. The largest absolute Gasteiger partial charge is 0.370 e. The smallest absolute Gasteiger partial charge is 0.243 e. The molecule has 3 saturated heterocycles. The van der Waals surface area contributed by atoms with Gasteiger partial charge in [-0.1, -0.05) is 17.7 Å². The molecule has 3 heterocycles. The number of aryl methyl sites for hydroxylation is 1. The van der Waals surface area contributed by atoms with Crippen molar-refractivity contribution in [2.45, 2.75) is 49.2 Å². The summed E-state index contributed by atoms with van der Waals surface area (Å²) in [6.07, 6.45) is 3.93. The Morgan fingerprint density at radius 3 is 2.45 bits per heavy atom. The van der Waals surface area contributed by atoms with Gasteiger partial charge in [0.2, 0.25) is 10.0 Å². The lowest BCUT2D eigenvalue weighted by Crippen LogP contribution is -2.49. The Kier molecular flexibility index (Phi) is 6.27. The van der Waals surface area contributed by atoms with Crippen LogP contribution in [0.2, 0.25) is 5.02 Å². The number of hydrogen-bond acceptors (Lipinski definition) is 5. The zero-order valence-corrected chi connectivity index (χ0v) is 19.0. The maximum Gasteiger partial charge on any atom is 0.243 e. The fraction of sp³-hybridized carbons (Fsp3) is 0.714. The van der Waals surface area contributed by atoms with Crippen LogP contribution in [0.1, 0.15) is 31.2 Å². The van der Waals surface area contributed by atoms with Crippen molar-refractivity contribution in [2.75, 3.05) is 52.9 Å². The quantitative estimate of drug-likeness (QED) is 0.718. The van der Waals surface area contributed by atoms with Gasteiger partial charge in [-0.25, -0.2) is 8.42 Å². The Labute approximate surface area is 179 Å². The Morgan fingerprint density at radius 2 is 1.79 bits per heavy atom. The highest BCUT2D eigenvalue weighted by Crippen LogP contribution is 2.40. The van der Waals surface area contributed by atoms with Crippen molar-refractivity contribution in [1.82, 2.24) is 14.1 Å². The third-order valence-corrected chi connectivity index (χ3v) is 9.11. The summed E-state index contributed by atoms with van der Waals surface area (Å²) in [4.78, 5) is 5.15. The van der Waals surface area contributed by atoms with Crippen molar-refractivity contribution in [1.29, 1.82) is 0 Å². The first-order chi connectivity index (χ1) is 13.8.